The van der Waals surface area contributed by atoms with Gasteiger partial charge in [0.1, 0.15) is 5.75 Å². The fraction of sp³-hybridized carbons (Fsp3) is 0.278. The molecule has 0 atom stereocenters. The summed E-state index contributed by atoms with van der Waals surface area (Å²) in [6, 6.07) is 14.2. The molecule has 0 amide bonds. The van der Waals surface area contributed by atoms with Crippen LogP contribution >= 0.6 is 0 Å². The van der Waals surface area contributed by atoms with Crippen LogP contribution < -0.4 is 9.64 Å². The van der Waals surface area contributed by atoms with Crippen LogP contribution in [0.4, 0.5) is 5.69 Å². The number of ether oxygens (including phenoxy) is 1. The zero-order valence-electron chi connectivity index (χ0n) is 13.0. The van der Waals surface area contributed by atoms with Crippen LogP contribution in [-0.2, 0) is 6.54 Å². The lowest BCUT2D eigenvalue weighted by Crippen LogP contribution is -2.17. The van der Waals surface area contributed by atoms with Crippen molar-refractivity contribution in [1.82, 2.24) is 0 Å². The fourth-order valence-electron chi connectivity index (χ4n) is 2.49. The molecule has 0 N–H and O–H groups in total. The summed E-state index contributed by atoms with van der Waals surface area (Å²) in [5.41, 5.74) is 5.32. The molecule has 3 nitrogen and oxygen atoms in total. The molecule has 0 radical (unpaired) electrons. The van der Waals surface area contributed by atoms with Crippen LogP contribution in [0.3, 0.4) is 0 Å². The van der Waals surface area contributed by atoms with E-state index in [9.17, 15) is 0 Å². The molecule has 0 aliphatic heterocycles. The summed E-state index contributed by atoms with van der Waals surface area (Å²) in [6.07, 6.45) is 0. The van der Waals surface area contributed by atoms with E-state index < -0.39 is 0 Å². The van der Waals surface area contributed by atoms with E-state index in [-0.39, 0.29) is 0 Å². The molecule has 0 heterocycles. The highest BCUT2D eigenvalue weighted by Crippen LogP contribution is 2.24. The molecular formula is C18H20N2O. The molecule has 0 aliphatic rings. The van der Waals surface area contributed by atoms with Crippen molar-refractivity contribution in [3.63, 3.8) is 0 Å². The molecule has 2 aromatic carbocycles. The van der Waals surface area contributed by atoms with Crippen molar-refractivity contribution in [3.8, 4) is 11.8 Å². The van der Waals surface area contributed by atoms with E-state index in [1.54, 1.807) is 13.2 Å². The van der Waals surface area contributed by atoms with Gasteiger partial charge in [-0.3, -0.25) is 0 Å². The SMILES string of the molecule is COc1ccc(C#N)cc1CN(C)c1cc(C)cc(C)c1. The summed E-state index contributed by atoms with van der Waals surface area (Å²) in [6.45, 7) is 4.89. The normalized spacial score (nSPS) is 10.0. The number of hydrogen-bond donors (Lipinski definition) is 0. The minimum atomic E-state index is 0.652. The van der Waals surface area contributed by atoms with E-state index in [0.29, 0.717) is 12.1 Å². The summed E-state index contributed by atoms with van der Waals surface area (Å²) in [4.78, 5) is 2.17. The highest BCUT2D eigenvalue weighted by molar-refractivity contribution is 5.52. The van der Waals surface area contributed by atoms with E-state index in [0.717, 1.165) is 17.0 Å². The van der Waals surface area contributed by atoms with Crippen molar-refractivity contribution in [2.24, 2.45) is 0 Å². The molecule has 2 aromatic rings. The number of nitriles is 1. The predicted molar refractivity (Wildman–Crippen MR) is 85.7 cm³/mol. The van der Waals surface area contributed by atoms with Gasteiger partial charge in [-0.05, 0) is 55.3 Å². The predicted octanol–water partition coefficient (Wildman–Crippen LogP) is 3.82. The van der Waals surface area contributed by atoms with Crippen molar-refractivity contribution in [1.29, 1.82) is 5.26 Å². The number of methoxy groups -OCH3 is 1. The minimum absolute atomic E-state index is 0.652. The van der Waals surface area contributed by atoms with Crippen LogP contribution in [-0.4, -0.2) is 14.2 Å². The van der Waals surface area contributed by atoms with Gasteiger partial charge in [-0.2, -0.15) is 5.26 Å². The highest BCUT2D eigenvalue weighted by Gasteiger charge is 2.09. The molecule has 0 saturated carbocycles. The number of rotatable bonds is 4. The summed E-state index contributed by atoms with van der Waals surface area (Å²) >= 11 is 0. The van der Waals surface area contributed by atoms with Crippen LogP contribution in [0.25, 0.3) is 0 Å². The van der Waals surface area contributed by atoms with Crippen LogP contribution in [0.5, 0.6) is 5.75 Å². The van der Waals surface area contributed by atoms with Gasteiger partial charge in [-0.1, -0.05) is 6.07 Å². The van der Waals surface area contributed by atoms with Gasteiger partial charge < -0.3 is 9.64 Å². The Morgan fingerprint density at radius 3 is 2.33 bits per heavy atom. The number of aryl methyl sites for hydroxylation is 2. The van der Waals surface area contributed by atoms with Gasteiger partial charge in [0.15, 0.2) is 0 Å². The van der Waals surface area contributed by atoms with Crippen LogP contribution in [0.2, 0.25) is 0 Å². The second kappa shape index (κ2) is 6.32. The molecule has 3 heteroatoms. The molecule has 0 aliphatic carbocycles. The number of anilines is 1. The molecule has 0 bridgehead atoms. The molecule has 21 heavy (non-hydrogen) atoms. The molecule has 0 spiro atoms. The van der Waals surface area contributed by atoms with Gasteiger partial charge in [0.25, 0.3) is 0 Å². The van der Waals surface area contributed by atoms with E-state index in [4.69, 9.17) is 10.00 Å². The maximum atomic E-state index is 9.05. The lowest BCUT2D eigenvalue weighted by molar-refractivity contribution is 0.409. The number of nitrogens with zero attached hydrogens (tertiary/aromatic N) is 2. The lowest BCUT2D eigenvalue weighted by Gasteiger charge is -2.22. The third kappa shape index (κ3) is 3.55. The molecule has 2 rings (SSSR count). The van der Waals surface area contributed by atoms with E-state index in [1.807, 2.05) is 19.2 Å². The van der Waals surface area contributed by atoms with Crippen LogP contribution in [0, 0.1) is 25.2 Å². The van der Waals surface area contributed by atoms with Crippen molar-refractivity contribution in [2.45, 2.75) is 20.4 Å². The second-order valence-corrected chi connectivity index (χ2v) is 5.34. The lowest BCUT2D eigenvalue weighted by atomic mass is 10.1. The first-order chi connectivity index (χ1) is 10.0. The van der Waals surface area contributed by atoms with Gasteiger partial charge in [0, 0.05) is 24.8 Å². The Morgan fingerprint density at radius 1 is 1.10 bits per heavy atom. The molecule has 0 fully saturated rings. The number of benzene rings is 2. The summed E-state index contributed by atoms with van der Waals surface area (Å²) in [5, 5.41) is 9.05. The number of hydrogen-bond acceptors (Lipinski definition) is 3. The van der Waals surface area contributed by atoms with Crippen molar-refractivity contribution in [2.75, 3.05) is 19.1 Å². The second-order valence-electron chi connectivity index (χ2n) is 5.34. The summed E-state index contributed by atoms with van der Waals surface area (Å²) in [5.74, 6) is 0.810. The van der Waals surface area contributed by atoms with Gasteiger partial charge in [0.05, 0.1) is 18.7 Å². The maximum Gasteiger partial charge on any atom is 0.123 e. The highest BCUT2D eigenvalue weighted by atomic mass is 16.5. The molecular weight excluding hydrogens is 260 g/mol. The summed E-state index contributed by atoms with van der Waals surface area (Å²) in [7, 11) is 3.70. The average molecular weight is 280 g/mol. The first kappa shape index (κ1) is 14.9. The molecule has 0 unspecified atom stereocenters. The van der Waals surface area contributed by atoms with Gasteiger partial charge >= 0.3 is 0 Å². The van der Waals surface area contributed by atoms with Crippen molar-refractivity contribution >= 4 is 5.69 Å². The van der Waals surface area contributed by atoms with E-state index >= 15 is 0 Å². The Hall–Kier alpha value is -2.47. The zero-order chi connectivity index (χ0) is 15.4. The van der Waals surface area contributed by atoms with E-state index in [2.05, 4.69) is 43.0 Å². The molecule has 0 saturated heterocycles. The topological polar surface area (TPSA) is 36.3 Å². The Kier molecular flexibility index (Phi) is 4.49. The fourth-order valence-corrected chi connectivity index (χ4v) is 2.49. The maximum absolute atomic E-state index is 9.05. The smallest absolute Gasteiger partial charge is 0.123 e. The van der Waals surface area contributed by atoms with Crippen LogP contribution in [0.15, 0.2) is 36.4 Å². The largest absolute Gasteiger partial charge is 0.496 e. The Labute approximate surface area is 126 Å². The molecule has 0 aromatic heterocycles. The average Bonchev–Trinajstić information content (AvgIpc) is 2.46. The third-order valence-corrected chi connectivity index (χ3v) is 3.46. The van der Waals surface area contributed by atoms with Crippen molar-refractivity contribution in [3.05, 3.63) is 58.7 Å². The zero-order valence-corrected chi connectivity index (χ0v) is 13.0. The van der Waals surface area contributed by atoms with Crippen molar-refractivity contribution < 1.29 is 4.74 Å². The quantitative estimate of drug-likeness (QED) is 0.854. The molecule has 108 valence electrons. The monoisotopic (exact) mass is 280 g/mol. The Morgan fingerprint density at radius 2 is 1.76 bits per heavy atom. The van der Waals surface area contributed by atoms with Gasteiger partial charge in [-0.25, -0.2) is 0 Å². The van der Waals surface area contributed by atoms with Crippen LogP contribution in [0.1, 0.15) is 22.3 Å². The minimum Gasteiger partial charge on any atom is -0.496 e. The van der Waals surface area contributed by atoms with Gasteiger partial charge in [0.2, 0.25) is 0 Å². The van der Waals surface area contributed by atoms with Gasteiger partial charge in [-0.15, -0.1) is 0 Å². The summed E-state index contributed by atoms with van der Waals surface area (Å²) < 4.78 is 5.39. The Bertz CT molecular complexity index is 666. The van der Waals surface area contributed by atoms with E-state index in [1.165, 1.54) is 11.1 Å². The first-order valence-electron chi connectivity index (χ1n) is 6.90. The first-order valence-corrected chi connectivity index (χ1v) is 6.90. The third-order valence-electron chi connectivity index (χ3n) is 3.46. The Balaban J connectivity index is 2.30. The standard InChI is InChI=1S/C18H20N2O/c1-13-7-14(2)9-17(8-13)20(3)12-16-10-15(11-19)5-6-18(16)21-4/h5-10H,12H2,1-4H3.